The number of hydrogen-bond acceptors (Lipinski definition) is 13. The minimum Gasteiger partial charge on any atom is -0.490 e. The maximum Gasteiger partial charge on any atom is 0.358 e. The summed E-state index contributed by atoms with van der Waals surface area (Å²) in [5, 5.41) is 11.8. The lowest BCUT2D eigenvalue weighted by Gasteiger charge is -2.48. The molecule has 412 valence electrons. The van der Waals surface area contributed by atoms with Crippen LogP contribution in [0.25, 0.3) is 32.2 Å². The van der Waals surface area contributed by atoms with Gasteiger partial charge in [-0.3, -0.25) is 34.6 Å². The lowest BCUT2D eigenvalue weighted by atomic mass is 9.84. The summed E-state index contributed by atoms with van der Waals surface area (Å²) in [6.07, 6.45) is 9.59. The highest BCUT2D eigenvalue weighted by Crippen LogP contribution is 2.39. The van der Waals surface area contributed by atoms with E-state index in [9.17, 15) is 19.2 Å². The van der Waals surface area contributed by atoms with Gasteiger partial charge < -0.3 is 19.3 Å². The first-order valence-corrected chi connectivity index (χ1v) is 29.1. The normalized spacial score (nSPS) is 19.8. The smallest absolute Gasteiger partial charge is 0.358 e. The fourth-order valence-corrected chi connectivity index (χ4v) is 13.3. The first-order chi connectivity index (χ1) is 37.9. The zero-order valence-corrected chi connectivity index (χ0v) is 47.5. The van der Waals surface area contributed by atoms with E-state index in [0.717, 1.165) is 113 Å². The number of ether oxygens (including phenoxy) is 2. The SMILES string of the molecule is Cc1c(O[C@H]2CC[C@H](CCCCN3CCN(c4ccc5c(C6CCC(=O)NC6=O)nn(C)c5c4)CC3(C)C)CC2)cccc1-c1ccc(N2CCc3cccc(C(=O)Nc4nc5ccccc5s4)c3C2)nc1C(=O)OC(C)(C)C. The minimum absolute atomic E-state index is 0.00683. The maximum atomic E-state index is 14.2. The highest BCUT2D eigenvalue weighted by Gasteiger charge is 2.36. The van der Waals surface area contributed by atoms with Gasteiger partial charge in [0.25, 0.3) is 5.91 Å². The number of nitrogens with zero attached hydrogens (tertiary/aromatic N) is 7. The van der Waals surface area contributed by atoms with Crippen LogP contribution in [0.15, 0.2) is 91.0 Å². The molecule has 1 unspecified atom stereocenters. The number of aromatic nitrogens is 4. The molecule has 0 bridgehead atoms. The van der Waals surface area contributed by atoms with Crippen molar-refractivity contribution in [1.29, 1.82) is 0 Å². The number of unbranched alkanes of at least 4 members (excludes halogenated alkanes) is 1. The first-order valence-electron chi connectivity index (χ1n) is 28.3. The van der Waals surface area contributed by atoms with Crippen LogP contribution >= 0.6 is 11.3 Å². The van der Waals surface area contributed by atoms with Crippen molar-refractivity contribution in [3.8, 4) is 16.9 Å². The molecule has 11 rings (SSSR count). The van der Waals surface area contributed by atoms with Gasteiger partial charge in [-0.25, -0.2) is 14.8 Å². The molecule has 1 atom stereocenters. The van der Waals surface area contributed by atoms with E-state index in [2.05, 4.69) is 75.4 Å². The Morgan fingerprint density at radius 1 is 0.848 bits per heavy atom. The zero-order chi connectivity index (χ0) is 55.2. The molecule has 6 heterocycles. The Morgan fingerprint density at radius 2 is 1.66 bits per heavy atom. The average Bonchev–Trinajstić information content (AvgIpc) is 4.22. The molecule has 7 aromatic rings. The molecule has 3 aromatic heterocycles. The van der Waals surface area contributed by atoms with Crippen LogP contribution in [-0.2, 0) is 34.3 Å². The Morgan fingerprint density at radius 3 is 2.44 bits per heavy atom. The molecule has 15 nitrogen and oxygen atoms in total. The van der Waals surface area contributed by atoms with Gasteiger partial charge in [0.1, 0.15) is 17.2 Å². The van der Waals surface area contributed by atoms with Crippen LogP contribution in [0.5, 0.6) is 5.75 Å². The minimum atomic E-state index is -0.733. The number of carbonyl (C=O) groups excluding carboxylic acids is 4. The van der Waals surface area contributed by atoms with E-state index in [4.69, 9.17) is 19.6 Å². The van der Waals surface area contributed by atoms with E-state index >= 15 is 0 Å². The Labute approximate surface area is 467 Å². The molecule has 0 spiro atoms. The van der Waals surface area contributed by atoms with E-state index < -0.39 is 17.5 Å². The van der Waals surface area contributed by atoms with E-state index in [-0.39, 0.29) is 35.1 Å². The number of carbonyl (C=O) groups is 4. The highest BCUT2D eigenvalue weighted by molar-refractivity contribution is 7.22. The lowest BCUT2D eigenvalue weighted by Crippen LogP contribution is -2.59. The predicted octanol–water partition coefficient (Wildman–Crippen LogP) is 11.6. The van der Waals surface area contributed by atoms with Crippen LogP contribution in [0, 0.1) is 12.8 Å². The highest BCUT2D eigenvalue weighted by atomic mass is 32.1. The number of esters is 1. The predicted molar refractivity (Wildman–Crippen MR) is 312 cm³/mol. The van der Waals surface area contributed by atoms with Crippen molar-refractivity contribution < 1.29 is 28.7 Å². The number of para-hydroxylation sites is 1. The summed E-state index contributed by atoms with van der Waals surface area (Å²) in [5.74, 6) is 0.572. The average molecular weight is 1080 g/mol. The number of piperazine rings is 1. The number of pyridine rings is 1. The van der Waals surface area contributed by atoms with E-state index in [1.54, 1.807) is 0 Å². The number of thiazole rings is 1. The standard InChI is InChI=1S/C63H73N9O6S/c1-39-44(45-27-29-54(65-57(45)60(76)78-62(2,3)4)70-33-31-41-15-12-17-46(49(41)37-70)58(74)67-61-64-50-18-8-9-20-53(50)79-61)16-13-19-52(39)77-43-24-21-40(22-25-43)14-10-11-32-72-35-34-71(38-63(72,5)6)42-23-26-47-51(36-42)69(7)68-56(47)48-28-30-55(73)66-59(48)75/h8-9,12-13,15-20,23,26-27,29,36,40,43,48H,10-11,14,21-22,24-25,28,30-35,37-38H2,1-7H3,(H,64,67,74)(H,66,73,75)/t40-,43-,48?. The quantitative estimate of drug-likeness (QED) is 0.0603. The number of rotatable bonds is 14. The molecule has 2 N–H and O–H groups in total. The van der Waals surface area contributed by atoms with E-state index in [1.165, 1.54) is 36.3 Å². The molecule has 2 saturated heterocycles. The van der Waals surface area contributed by atoms with Crippen LogP contribution < -0.4 is 25.2 Å². The van der Waals surface area contributed by atoms with Crippen LogP contribution in [0.2, 0.25) is 0 Å². The van der Waals surface area contributed by atoms with Crippen molar-refractivity contribution in [3.05, 3.63) is 125 Å². The Kier molecular flexibility index (Phi) is 15.1. The molecule has 4 aromatic carbocycles. The third-order valence-corrected chi connectivity index (χ3v) is 17.6. The van der Waals surface area contributed by atoms with Crippen LogP contribution in [-0.4, -0.2) is 98.3 Å². The van der Waals surface area contributed by atoms with Gasteiger partial charge in [-0.05, 0) is 176 Å². The molecule has 3 fully saturated rings. The van der Waals surface area contributed by atoms with Crippen LogP contribution in [0.1, 0.15) is 142 Å². The molecular formula is C63H73N9O6S. The van der Waals surface area contributed by atoms with Crippen molar-refractivity contribution in [2.75, 3.05) is 47.8 Å². The number of piperidine rings is 1. The second-order valence-corrected chi connectivity index (χ2v) is 24.8. The number of anilines is 3. The number of imide groups is 1. The van der Waals surface area contributed by atoms with Crippen LogP contribution in [0.3, 0.4) is 0 Å². The third kappa shape index (κ3) is 11.6. The van der Waals surface area contributed by atoms with Gasteiger partial charge >= 0.3 is 5.97 Å². The molecule has 79 heavy (non-hydrogen) atoms. The molecule has 4 aliphatic rings. The summed E-state index contributed by atoms with van der Waals surface area (Å²) in [5.41, 5.74) is 8.44. The number of fused-ring (bicyclic) bond motifs is 3. The summed E-state index contributed by atoms with van der Waals surface area (Å²) < 4.78 is 15.7. The summed E-state index contributed by atoms with van der Waals surface area (Å²) in [6.45, 7) is 17.5. The Hall–Kier alpha value is -7.17. The molecule has 0 radical (unpaired) electrons. The summed E-state index contributed by atoms with van der Waals surface area (Å²) in [4.78, 5) is 69.5. The van der Waals surface area contributed by atoms with Crippen molar-refractivity contribution >= 4 is 72.8 Å². The molecule has 16 heteroatoms. The van der Waals surface area contributed by atoms with Gasteiger partial charge in [0, 0.05) is 73.9 Å². The summed E-state index contributed by atoms with van der Waals surface area (Å²) in [7, 11) is 1.93. The summed E-state index contributed by atoms with van der Waals surface area (Å²) >= 11 is 1.45. The van der Waals surface area contributed by atoms with Gasteiger partial charge in [-0.15, -0.1) is 0 Å². The zero-order valence-electron chi connectivity index (χ0n) is 46.7. The largest absolute Gasteiger partial charge is 0.490 e. The van der Waals surface area contributed by atoms with Crippen molar-refractivity contribution in [2.45, 2.75) is 135 Å². The second-order valence-electron chi connectivity index (χ2n) is 23.7. The number of aryl methyl sites for hydroxylation is 1. The monoisotopic (exact) mass is 1080 g/mol. The Balaban J connectivity index is 0.688. The van der Waals surface area contributed by atoms with Gasteiger partial charge in [0.05, 0.1) is 33.4 Å². The summed E-state index contributed by atoms with van der Waals surface area (Å²) in [6, 6.07) is 30.2. The fraction of sp³-hybridized carbons (Fsp3) is 0.444. The fourth-order valence-electron chi connectivity index (χ4n) is 12.4. The lowest BCUT2D eigenvalue weighted by molar-refractivity contribution is -0.134. The second kappa shape index (κ2) is 22.2. The van der Waals surface area contributed by atoms with Gasteiger partial charge in [-0.2, -0.15) is 5.10 Å². The van der Waals surface area contributed by atoms with E-state index in [1.807, 2.05) is 99.2 Å². The van der Waals surface area contributed by atoms with Crippen molar-refractivity contribution in [3.63, 3.8) is 0 Å². The van der Waals surface area contributed by atoms with Crippen molar-refractivity contribution in [1.82, 2.24) is 30.0 Å². The molecule has 1 aliphatic carbocycles. The van der Waals surface area contributed by atoms with Crippen LogP contribution in [0.4, 0.5) is 16.6 Å². The molecule has 3 aliphatic heterocycles. The number of nitrogens with one attached hydrogen (secondary N) is 2. The third-order valence-electron chi connectivity index (χ3n) is 16.7. The molecule has 1 saturated carbocycles. The van der Waals surface area contributed by atoms with Gasteiger partial charge in [0.2, 0.25) is 11.8 Å². The van der Waals surface area contributed by atoms with Gasteiger partial charge in [-0.1, -0.05) is 60.6 Å². The first kappa shape index (κ1) is 53.8. The topological polar surface area (TPSA) is 164 Å². The maximum absolute atomic E-state index is 14.2. The number of amides is 3. The van der Waals surface area contributed by atoms with E-state index in [0.29, 0.717) is 53.9 Å². The van der Waals surface area contributed by atoms with Gasteiger partial charge in [0.15, 0.2) is 10.8 Å². The number of benzene rings is 4. The molecular weight excluding hydrogens is 1010 g/mol. The Bertz CT molecular complexity index is 3430. The van der Waals surface area contributed by atoms with Crippen molar-refractivity contribution in [2.24, 2.45) is 13.0 Å². The molecule has 3 amide bonds. The number of hydrogen-bond donors (Lipinski definition) is 2.